The highest BCUT2D eigenvalue weighted by Gasteiger charge is 2.45. The van der Waals surface area contributed by atoms with Crippen LogP contribution in [0.3, 0.4) is 0 Å². The van der Waals surface area contributed by atoms with Crippen LogP contribution >= 0.6 is 0 Å². The second kappa shape index (κ2) is 5.20. The molecule has 21 heavy (non-hydrogen) atoms. The second-order valence-corrected chi connectivity index (χ2v) is 5.60. The van der Waals surface area contributed by atoms with E-state index in [0.29, 0.717) is 12.8 Å². The molecule has 4 nitrogen and oxygen atoms in total. The highest BCUT2D eigenvalue weighted by atomic mass is 16.4. The van der Waals surface area contributed by atoms with Crippen LogP contribution < -0.4 is 5.32 Å². The Labute approximate surface area is 122 Å². The Balaban J connectivity index is 1.79. The van der Waals surface area contributed by atoms with E-state index in [4.69, 9.17) is 0 Å². The van der Waals surface area contributed by atoms with Crippen LogP contribution in [-0.4, -0.2) is 22.5 Å². The van der Waals surface area contributed by atoms with E-state index >= 15 is 0 Å². The Bertz CT molecular complexity index is 699. The van der Waals surface area contributed by atoms with Gasteiger partial charge < -0.3 is 10.4 Å². The normalized spacial score (nSPS) is 16.2. The van der Waals surface area contributed by atoms with Crippen molar-refractivity contribution in [3.05, 3.63) is 48.0 Å². The van der Waals surface area contributed by atoms with E-state index in [2.05, 4.69) is 5.32 Å². The molecule has 3 rings (SSSR count). The minimum atomic E-state index is -1.04. The van der Waals surface area contributed by atoms with Gasteiger partial charge in [-0.2, -0.15) is 0 Å². The molecular weight excluding hydrogens is 266 g/mol. The van der Waals surface area contributed by atoms with Crippen molar-refractivity contribution in [2.24, 2.45) is 0 Å². The number of hydrogen-bond acceptors (Lipinski definition) is 2. The maximum absolute atomic E-state index is 12.2. The van der Waals surface area contributed by atoms with E-state index < -0.39 is 11.5 Å². The van der Waals surface area contributed by atoms with Gasteiger partial charge in [0.2, 0.25) is 5.91 Å². The molecule has 0 aliphatic heterocycles. The zero-order valence-corrected chi connectivity index (χ0v) is 11.6. The lowest BCUT2D eigenvalue weighted by atomic mass is 9.76. The van der Waals surface area contributed by atoms with Crippen molar-refractivity contribution in [3.63, 3.8) is 0 Å². The third-order valence-corrected chi connectivity index (χ3v) is 4.23. The molecule has 0 spiro atoms. The second-order valence-electron chi connectivity index (χ2n) is 5.60. The van der Waals surface area contributed by atoms with Crippen molar-refractivity contribution in [3.8, 4) is 0 Å². The van der Waals surface area contributed by atoms with Gasteiger partial charge in [-0.3, -0.25) is 4.79 Å². The van der Waals surface area contributed by atoms with Gasteiger partial charge in [0, 0.05) is 0 Å². The number of carbonyl (C=O) groups excluding carboxylic acids is 1. The Hall–Kier alpha value is -2.36. The summed E-state index contributed by atoms with van der Waals surface area (Å²) >= 11 is 0. The average molecular weight is 283 g/mol. The molecule has 0 atom stereocenters. The van der Waals surface area contributed by atoms with E-state index in [-0.39, 0.29) is 12.3 Å². The van der Waals surface area contributed by atoms with Crippen molar-refractivity contribution in [1.29, 1.82) is 0 Å². The molecule has 0 unspecified atom stereocenters. The first-order chi connectivity index (χ1) is 10.1. The molecule has 2 aromatic rings. The van der Waals surface area contributed by atoms with Crippen LogP contribution in [0.25, 0.3) is 10.8 Å². The molecule has 1 fully saturated rings. The van der Waals surface area contributed by atoms with Gasteiger partial charge in [-0.05, 0) is 35.6 Å². The van der Waals surface area contributed by atoms with Crippen LogP contribution in [0.15, 0.2) is 42.5 Å². The number of fused-ring (bicyclic) bond motifs is 1. The van der Waals surface area contributed by atoms with Crippen molar-refractivity contribution in [2.75, 3.05) is 0 Å². The number of rotatable bonds is 4. The lowest BCUT2D eigenvalue weighted by Gasteiger charge is -2.38. The van der Waals surface area contributed by atoms with Crippen LogP contribution in [0.4, 0.5) is 0 Å². The Morgan fingerprint density at radius 1 is 1.10 bits per heavy atom. The summed E-state index contributed by atoms with van der Waals surface area (Å²) in [6, 6.07) is 13.7. The molecule has 1 aliphatic carbocycles. The van der Waals surface area contributed by atoms with Crippen LogP contribution in [0.1, 0.15) is 24.8 Å². The fourth-order valence-electron chi connectivity index (χ4n) is 2.85. The monoisotopic (exact) mass is 283 g/mol. The van der Waals surface area contributed by atoms with Crippen LogP contribution in [0.5, 0.6) is 0 Å². The Kier molecular flexibility index (Phi) is 3.37. The summed E-state index contributed by atoms with van der Waals surface area (Å²) in [5.41, 5.74) is -0.118. The topological polar surface area (TPSA) is 66.4 Å². The van der Waals surface area contributed by atoms with Gasteiger partial charge in [0.25, 0.3) is 0 Å². The number of hydrogen-bond donors (Lipinski definition) is 2. The van der Waals surface area contributed by atoms with E-state index in [1.54, 1.807) is 0 Å². The Morgan fingerprint density at radius 2 is 1.81 bits per heavy atom. The van der Waals surface area contributed by atoms with Gasteiger partial charge in [-0.25, -0.2) is 4.79 Å². The fraction of sp³-hybridized carbons (Fsp3) is 0.294. The zero-order valence-electron chi connectivity index (χ0n) is 11.6. The predicted molar refractivity (Wildman–Crippen MR) is 80.0 cm³/mol. The predicted octanol–water partition coefficient (Wildman–Crippen LogP) is 2.51. The lowest BCUT2D eigenvalue weighted by Crippen LogP contribution is -2.59. The molecule has 2 N–H and O–H groups in total. The van der Waals surface area contributed by atoms with Crippen LogP contribution in [0, 0.1) is 0 Å². The summed E-state index contributed by atoms with van der Waals surface area (Å²) in [6.45, 7) is 0. The van der Waals surface area contributed by atoms with Gasteiger partial charge in [0.1, 0.15) is 5.54 Å². The number of carboxylic acid groups (broad SMARTS) is 1. The van der Waals surface area contributed by atoms with E-state index in [0.717, 1.165) is 22.8 Å². The van der Waals surface area contributed by atoms with E-state index in [9.17, 15) is 14.7 Å². The van der Waals surface area contributed by atoms with Crippen molar-refractivity contribution in [2.45, 2.75) is 31.2 Å². The molecule has 0 radical (unpaired) electrons. The van der Waals surface area contributed by atoms with E-state index in [1.165, 1.54) is 0 Å². The maximum Gasteiger partial charge on any atom is 0.329 e. The quantitative estimate of drug-likeness (QED) is 0.906. The SMILES string of the molecule is O=C(Cc1cccc2ccccc12)NC1(C(=O)O)CCC1. The molecular formula is C17H17NO3. The summed E-state index contributed by atoms with van der Waals surface area (Å²) in [4.78, 5) is 23.5. The molecule has 1 amide bonds. The summed E-state index contributed by atoms with van der Waals surface area (Å²) in [6.07, 6.45) is 2.09. The molecule has 0 bridgehead atoms. The van der Waals surface area contributed by atoms with Gasteiger partial charge in [-0.15, -0.1) is 0 Å². The molecule has 108 valence electrons. The van der Waals surface area contributed by atoms with Crippen LogP contribution in [-0.2, 0) is 16.0 Å². The average Bonchev–Trinajstić information content (AvgIpc) is 2.43. The summed E-state index contributed by atoms with van der Waals surface area (Å²) in [5.74, 6) is -1.16. The largest absolute Gasteiger partial charge is 0.480 e. The van der Waals surface area contributed by atoms with Gasteiger partial charge in [-0.1, -0.05) is 42.5 Å². The first kappa shape index (κ1) is 13.6. The molecule has 1 saturated carbocycles. The van der Waals surface area contributed by atoms with Gasteiger partial charge >= 0.3 is 5.97 Å². The minimum absolute atomic E-state index is 0.205. The number of amides is 1. The zero-order chi connectivity index (χ0) is 14.9. The highest BCUT2D eigenvalue weighted by Crippen LogP contribution is 2.32. The smallest absolute Gasteiger partial charge is 0.329 e. The number of carboxylic acids is 1. The molecule has 2 aromatic carbocycles. The Morgan fingerprint density at radius 3 is 2.48 bits per heavy atom. The molecule has 0 heterocycles. The third-order valence-electron chi connectivity index (χ3n) is 4.23. The molecule has 0 aromatic heterocycles. The summed E-state index contributed by atoms with van der Waals surface area (Å²) in [7, 11) is 0. The molecule has 1 aliphatic rings. The van der Waals surface area contributed by atoms with E-state index in [1.807, 2.05) is 42.5 Å². The van der Waals surface area contributed by atoms with Gasteiger partial charge in [0.15, 0.2) is 0 Å². The molecule has 4 heteroatoms. The van der Waals surface area contributed by atoms with Crippen molar-refractivity contribution in [1.82, 2.24) is 5.32 Å². The maximum atomic E-state index is 12.2. The third kappa shape index (κ3) is 2.49. The molecule has 0 saturated heterocycles. The van der Waals surface area contributed by atoms with Crippen molar-refractivity contribution >= 4 is 22.6 Å². The summed E-state index contributed by atoms with van der Waals surface area (Å²) in [5, 5.41) is 14.1. The number of aliphatic carboxylic acids is 1. The number of carbonyl (C=O) groups is 2. The first-order valence-electron chi connectivity index (χ1n) is 7.12. The standard InChI is InChI=1S/C17H17NO3/c19-15(18-17(16(20)21)9-4-10-17)11-13-7-3-6-12-5-1-2-8-14(12)13/h1-3,5-8H,4,9-11H2,(H,18,19)(H,20,21). The first-order valence-corrected chi connectivity index (χ1v) is 7.12. The van der Waals surface area contributed by atoms with Crippen LogP contribution in [0.2, 0.25) is 0 Å². The van der Waals surface area contributed by atoms with Crippen molar-refractivity contribution < 1.29 is 14.7 Å². The lowest BCUT2D eigenvalue weighted by molar-refractivity contribution is -0.151. The number of benzene rings is 2. The van der Waals surface area contributed by atoms with Gasteiger partial charge in [0.05, 0.1) is 6.42 Å². The summed E-state index contributed by atoms with van der Waals surface area (Å²) < 4.78 is 0. The minimum Gasteiger partial charge on any atom is -0.480 e. The highest BCUT2D eigenvalue weighted by molar-refractivity contribution is 5.92. The fourth-order valence-corrected chi connectivity index (χ4v) is 2.85. The number of nitrogens with one attached hydrogen (secondary N) is 1.